The highest BCUT2D eigenvalue weighted by Crippen LogP contribution is 2.23. The van der Waals surface area contributed by atoms with Crippen LogP contribution >= 0.6 is 35.6 Å². The van der Waals surface area contributed by atoms with E-state index in [9.17, 15) is 9.90 Å². The van der Waals surface area contributed by atoms with Crippen LogP contribution in [0.15, 0.2) is 18.2 Å². The Kier molecular flexibility index (Phi) is 8.38. The third-order valence-corrected chi connectivity index (χ3v) is 2.98. The predicted molar refractivity (Wildman–Crippen MR) is 79.9 cm³/mol. The number of hydrogen-bond acceptors (Lipinski definition) is 3. The Bertz CT molecular complexity index is 409. The molecule has 0 aliphatic heterocycles. The van der Waals surface area contributed by atoms with Crippen molar-refractivity contribution in [1.82, 2.24) is 5.32 Å². The van der Waals surface area contributed by atoms with Gasteiger partial charge in [-0.1, -0.05) is 30.1 Å². The third kappa shape index (κ3) is 5.97. The Hall–Kier alpha value is -0.520. The summed E-state index contributed by atoms with van der Waals surface area (Å²) < 4.78 is 0. The molecule has 0 radical (unpaired) electrons. The zero-order valence-corrected chi connectivity index (χ0v) is 12.7. The highest BCUT2D eigenvalue weighted by Gasteiger charge is 2.14. The zero-order valence-electron chi connectivity index (χ0n) is 10.4. The first kappa shape index (κ1) is 18.5. The average Bonchev–Trinajstić information content (AvgIpc) is 2.33. The second-order valence-electron chi connectivity index (χ2n) is 4.10. The van der Waals surface area contributed by atoms with Gasteiger partial charge in [-0.05, 0) is 23.8 Å². The first-order valence-electron chi connectivity index (χ1n) is 5.56. The maximum absolute atomic E-state index is 11.5. The molecule has 4 N–H and O–H groups in total. The summed E-state index contributed by atoms with van der Waals surface area (Å²) in [6.45, 7) is 2.09. The lowest BCUT2D eigenvalue weighted by Crippen LogP contribution is -2.35. The van der Waals surface area contributed by atoms with Gasteiger partial charge in [0.15, 0.2) is 0 Å². The molecule has 4 nitrogen and oxygen atoms in total. The van der Waals surface area contributed by atoms with Crippen LogP contribution in [0.1, 0.15) is 18.6 Å². The monoisotopic (exact) mass is 326 g/mol. The third-order valence-electron chi connectivity index (χ3n) is 2.54. The molecule has 0 spiro atoms. The van der Waals surface area contributed by atoms with E-state index in [1.165, 1.54) is 0 Å². The highest BCUT2D eigenvalue weighted by molar-refractivity contribution is 6.34. The second kappa shape index (κ2) is 8.61. The van der Waals surface area contributed by atoms with Crippen LogP contribution in [0.4, 0.5) is 0 Å². The van der Waals surface area contributed by atoms with E-state index in [-0.39, 0.29) is 37.3 Å². The van der Waals surface area contributed by atoms with Crippen LogP contribution in [0, 0.1) is 5.92 Å². The molecule has 1 aromatic rings. The Morgan fingerprint density at radius 3 is 2.37 bits per heavy atom. The van der Waals surface area contributed by atoms with Crippen molar-refractivity contribution in [3.05, 3.63) is 33.8 Å². The largest absolute Gasteiger partial charge is 0.387 e. The number of hydrogen-bond donors (Lipinski definition) is 3. The van der Waals surface area contributed by atoms with Gasteiger partial charge in [0.05, 0.1) is 6.10 Å². The molecule has 2 unspecified atom stereocenters. The van der Waals surface area contributed by atoms with Crippen molar-refractivity contribution in [1.29, 1.82) is 0 Å². The first-order valence-corrected chi connectivity index (χ1v) is 6.31. The van der Waals surface area contributed by atoms with Crippen LogP contribution in [0.3, 0.4) is 0 Å². The Morgan fingerprint density at radius 1 is 1.37 bits per heavy atom. The number of halogens is 3. The van der Waals surface area contributed by atoms with Gasteiger partial charge in [0.2, 0.25) is 5.91 Å². The van der Waals surface area contributed by atoms with Crippen LogP contribution in [0.5, 0.6) is 0 Å². The van der Waals surface area contributed by atoms with Gasteiger partial charge in [0.1, 0.15) is 0 Å². The van der Waals surface area contributed by atoms with Crippen LogP contribution in [-0.4, -0.2) is 24.1 Å². The number of nitrogens with one attached hydrogen (secondary N) is 1. The summed E-state index contributed by atoms with van der Waals surface area (Å²) in [7, 11) is 0. The van der Waals surface area contributed by atoms with Gasteiger partial charge in [0.25, 0.3) is 0 Å². The normalized spacial score (nSPS) is 13.3. The van der Waals surface area contributed by atoms with Gasteiger partial charge in [-0.3, -0.25) is 4.79 Å². The average molecular weight is 328 g/mol. The van der Waals surface area contributed by atoms with Gasteiger partial charge >= 0.3 is 0 Å². The lowest BCUT2D eigenvalue weighted by molar-refractivity contribution is -0.124. The summed E-state index contributed by atoms with van der Waals surface area (Å²) in [5, 5.41) is 13.4. The molecular weight excluding hydrogens is 311 g/mol. The maximum atomic E-state index is 11.5. The van der Waals surface area contributed by atoms with Crippen LogP contribution in [0.2, 0.25) is 10.0 Å². The van der Waals surface area contributed by atoms with Gasteiger partial charge in [0, 0.05) is 29.1 Å². The minimum absolute atomic E-state index is 0. The summed E-state index contributed by atoms with van der Waals surface area (Å²) in [6.07, 6.45) is -0.852. The van der Waals surface area contributed by atoms with E-state index in [2.05, 4.69) is 5.32 Å². The second-order valence-corrected chi connectivity index (χ2v) is 4.97. The molecule has 7 heteroatoms. The molecule has 1 amide bonds. The quantitative estimate of drug-likeness (QED) is 0.776. The number of aliphatic hydroxyl groups excluding tert-OH is 1. The topological polar surface area (TPSA) is 75.4 Å². The van der Waals surface area contributed by atoms with E-state index < -0.39 is 6.10 Å². The zero-order chi connectivity index (χ0) is 13.7. The number of amides is 1. The molecule has 0 saturated heterocycles. The smallest absolute Gasteiger partial charge is 0.224 e. The number of carbonyl (C=O) groups is 1. The molecular formula is C12H17Cl3N2O2. The minimum Gasteiger partial charge on any atom is -0.387 e. The fraction of sp³-hybridized carbons (Fsp3) is 0.417. The predicted octanol–water partition coefficient (Wildman–Crippen LogP) is 2.16. The molecule has 0 aliphatic rings. The number of rotatable bonds is 5. The minimum atomic E-state index is -0.852. The number of aliphatic hydroxyl groups is 1. The molecule has 0 aliphatic carbocycles. The van der Waals surface area contributed by atoms with Crippen LogP contribution in [0.25, 0.3) is 0 Å². The lowest BCUT2D eigenvalue weighted by Gasteiger charge is -2.15. The first-order chi connectivity index (χ1) is 8.43. The van der Waals surface area contributed by atoms with E-state index in [0.717, 1.165) is 0 Å². The summed E-state index contributed by atoms with van der Waals surface area (Å²) in [4.78, 5) is 11.5. The number of carbonyl (C=O) groups excluding carboxylic acids is 1. The fourth-order valence-corrected chi connectivity index (χ4v) is 1.91. The van der Waals surface area contributed by atoms with E-state index in [1.807, 2.05) is 0 Å². The molecule has 19 heavy (non-hydrogen) atoms. The summed E-state index contributed by atoms with van der Waals surface area (Å²) in [5.41, 5.74) is 5.94. The lowest BCUT2D eigenvalue weighted by atomic mass is 10.1. The molecule has 0 aromatic heterocycles. The van der Waals surface area contributed by atoms with Crippen molar-refractivity contribution in [3.8, 4) is 0 Å². The molecule has 2 atom stereocenters. The Labute approximate surface area is 128 Å². The summed E-state index contributed by atoms with van der Waals surface area (Å²) in [6, 6.07) is 4.79. The molecule has 1 rings (SSSR count). The van der Waals surface area contributed by atoms with E-state index >= 15 is 0 Å². The molecule has 1 aromatic carbocycles. The summed E-state index contributed by atoms with van der Waals surface area (Å²) in [5.74, 6) is -0.468. The number of nitrogens with two attached hydrogens (primary N) is 1. The molecule has 0 bridgehead atoms. The van der Waals surface area contributed by atoms with E-state index in [4.69, 9.17) is 28.9 Å². The van der Waals surface area contributed by atoms with Crippen LogP contribution < -0.4 is 11.1 Å². The van der Waals surface area contributed by atoms with E-state index in [1.54, 1.807) is 25.1 Å². The van der Waals surface area contributed by atoms with Crippen molar-refractivity contribution in [2.75, 3.05) is 13.1 Å². The molecule has 0 fully saturated rings. The van der Waals surface area contributed by atoms with Gasteiger partial charge < -0.3 is 16.2 Å². The highest BCUT2D eigenvalue weighted by atomic mass is 35.5. The molecule has 0 heterocycles. The van der Waals surface area contributed by atoms with Crippen molar-refractivity contribution in [2.45, 2.75) is 13.0 Å². The van der Waals surface area contributed by atoms with Gasteiger partial charge in [-0.2, -0.15) is 0 Å². The Balaban J connectivity index is 0.00000324. The van der Waals surface area contributed by atoms with Crippen LogP contribution in [-0.2, 0) is 4.79 Å². The fourth-order valence-electron chi connectivity index (χ4n) is 1.36. The molecule has 108 valence electrons. The SMILES string of the molecule is CC(CN)C(=O)NCC(O)c1cc(Cl)cc(Cl)c1.Cl. The van der Waals surface area contributed by atoms with Crippen molar-refractivity contribution in [2.24, 2.45) is 11.7 Å². The van der Waals surface area contributed by atoms with Crippen molar-refractivity contribution < 1.29 is 9.90 Å². The van der Waals surface area contributed by atoms with Gasteiger partial charge in [-0.15, -0.1) is 12.4 Å². The number of benzene rings is 1. The molecule has 0 saturated carbocycles. The van der Waals surface area contributed by atoms with Gasteiger partial charge in [-0.25, -0.2) is 0 Å². The summed E-state index contributed by atoms with van der Waals surface area (Å²) >= 11 is 11.7. The Morgan fingerprint density at radius 2 is 1.89 bits per heavy atom. The maximum Gasteiger partial charge on any atom is 0.224 e. The van der Waals surface area contributed by atoms with Crippen molar-refractivity contribution >= 4 is 41.5 Å². The van der Waals surface area contributed by atoms with Crippen molar-refractivity contribution in [3.63, 3.8) is 0 Å². The standard InChI is InChI=1S/C12H16Cl2N2O2.ClH/c1-7(5-15)12(18)16-6-11(17)8-2-9(13)4-10(14)3-8;/h2-4,7,11,17H,5-6,15H2,1H3,(H,16,18);1H. The van der Waals surface area contributed by atoms with E-state index in [0.29, 0.717) is 15.6 Å².